The fraction of sp³-hybridized carbons (Fsp3) is 0.455. The molecule has 2 aromatic rings. The van der Waals surface area contributed by atoms with E-state index in [9.17, 15) is 4.39 Å². The van der Waals surface area contributed by atoms with Crippen molar-refractivity contribution < 1.29 is 13.9 Å². The molecule has 158 valence electrons. The normalized spacial score (nSPS) is 13.0. The highest BCUT2D eigenvalue weighted by atomic mass is 19.1. The van der Waals surface area contributed by atoms with E-state index in [1.54, 1.807) is 12.4 Å². The van der Waals surface area contributed by atoms with Crippen molar-refractivity contribution in [2.75, 3.05) is 36.9 Å². The first-order chi connectivity index (χ1) is 14.0. The fourth-order valence-electron chi connectivity index (χ4n) is 2.75. The molecule has 0 bridgehead atoms. The maximum Gasteiger partial charge on any atom is 0.167 e. The second-order valence-electron chi connectivity index (χ2n) is 6.29. The zero-order valence-electron chi connectivity index (χ0n) is 17.7. The first-order valence-electron chi connectivity index (χ1n) is 9.74. The molecule has 2 N–H and O–H groups in total. The number of rotatable bonds is 5. The third-order valence-corrected chi connectivity index (χ3v) is 3.97. The van der Waals surface area contributed by atoms with Crippen molar-refractivity contribution in [1.82, 2.24) is 9.97 Å². The predicted molar refractivity (Wildman–Crippen MR) is 116 cm³/mol. The lowest BCUT2D eigenvalue weighted by Crippen LogP contribution is -2.36. The van der Waals surface area contributed by atoms with Gasteiger partial charge in [-0.3, -0.25) is 0 Å². The van der Waals surface area contributed by atoms with E-state index in [4.69, 9.17) is 15.2 Å². The number of nitrogen functional groups attached to an aromatic ring is 1. The molecular formula is C22H31FN4O2. The Kier molecular flexibility index (Phi) is 10.5. The van der Waals surface area contributed by atoms with Crippen LogP contribution in [0.25, 0.3) is 0 Å². The van der Waals surface area contributed by atoms with Gasteiger partial charge in [-0.2, -0.15) is 0 Å². The Labute approximate surface area is 173 Å². The maximum absolute atomic E-state index is 14.0. The Morgan fingerprint density at radius 1 is 1.17 bits per heavy atom. The summed E-state index contributed by atoms with van der Waals surface area (Å²) in [6.07, 6.45) is 9.92. The van der Waals surface area contributed by atoms with E-state index in [2.05, 4.69) is 27.7 Å². The number of halogens is 1. The van der Waals surface area contributed by atoms with E-state index in [1.807, 2.05) is 33.8 Å². The van der Waals surface area contributed by atoms with Crippen LogP contribution in [0.15, 0.2) is 24.5 Å². The Morgan fingerprint density at radius 2 is 1.83 bits per heavy atom. The van der Waals surface area contributed by atoms with E-state index in [0.717, 1.165) is 30.2 Å². The number of benzene rings is 1. The molecule has 0 amide bonds. The Bertz CT molecular complexity index is 775. The largest absolute Gasteiger partial charge is 0.488 e. The molecule has 29 heavy (non-hydrogen) atoms. The molecule has 1 aliphatic rings. The van der Waals surface area contributed by atoms with Gasteiger partial charge in [-0.1, -0.05) is 13.8 Å². The van der Waals surface area contributed by atoms with Gasteiger partial charge in [0.05, 0.1) is 25.0 Å². The molecule has 1 aromatic heterocycles. The van der Waals surface area contributed by atoms with Crippen LogP contribution in [-0.4, -0.2) is 42.4 Å². The molecule has 0 aliphatic carbocycles. The number of ether oxygens (including phenoxy) is 2. The molecule has 1 saturated heterocycles. The molecule has 6 nitrogen and oxygen atoms in total. The molecule has 1 aromatic carbocycles. The van der Waals surface area contributed by atoms with Crippen LogP contribution < -0.4 is 15.4 Å². The van der Waals surface area contributed by atoms with Crippen LogP contribution in [0.1, 0.15) is 39.0 Å². The van der Waals surface area contributed by atoms with Crippen LogP contribution in [0.4, 0.5) is 15.9 Å². The van der Waals surface area contributed by atoms with Crippen molar-refractivity contribution in [1.29, 1.82) is 0 Å². The van der Waals surface area contributed by atoms with Gasteiger partial charge in [0.2, 0.25) is 0 Å². The Morgan fingerprint density at radius 3 is 2.45 bits per heavy atom. The van der Waals surface area contributed by atoms with Crippen LogP contribution in [0.5, 0.6) is 5.75 Å². The molecule has 2 heterocycles. The van der Waals surface area contributed by atoms with Gasteiger partial charge in [0, 0.05) is 37.3 Å². The first kappa shape index (κ1) is 24.2. The number of nitrogens with zero attached hydrogens (tertiary/aromatic N) is 3. The van der Waals surface area contributed by atoms with Gasteiger partial charge >= 0.3 is 0 Å². The summed E-state index contributed by atoms with van der Waals surface area (Å²) >= 11 is 0. The predicted octanol–water partition coefficient (Wildman–Crippen LogP) is 3.69. The van der Waals surface area contributed by atoms with Crippen molar-refractivity contribution in [3.05, 3.63) is 41.6 Å². The fourth-order valence-corrected chi connectivity index (χ4v) is 2.75. The summed E-state index contributed by atoms with van der Waals surface area (Å²) in [5.74, 6) is 0.626. The van der Waals surface area contributed by atoms with Crippen LogP contribution >= 0.6 is 0 Å². The average Bonchev–Trinajstić information content (AvgIpc) is 2.75. The first-order valence-corrected chi connectivity index (χ1v) is 9.74. The van der Waals surface area contributed by atoms with Crippen molar-refractivity contribution in [3.63, 3.8) is 0 Å². The summed E-state index contributed by atoms with van der Waals surface area (Å²) in [6.45, 7) is 10.7. The van der Waals surface area contributed by atoms with Crippen molar-refractivity contribution in [3.8, 4) is 18.6 Å². The lowest BCUT2D eigenvalue weighted by atomic mass is 10.1. The van der Waals surface area contributed by atoms with Gasteiger partial charge in [-0.25, -0.2) is 14.4 Å². The van der Waals surface area contributed by atoms with Crippen molar-refractivity contribution in [2.45, 2.75) is 40.2 Å². The lowest BCUT2D eigenvalue weighted by Gasteiger charge is -2.27. The number of aromatic nitrogens is 2. The molecule has 0 atom stereocenters. The second-order valence-corrected chi connectivity index (χ2v) is 6.29. The third-order valence-electron chi connectivity index (χ3n) is 3.97. The minimum atomic E-state index is -0.452. The average molecular weight is 403 g/mol. The van der Waals surface area contributed by atoms with Crippen molar-refractivity contribution >= 4 is 11.5 Å². The van der Waals surface area contributed by atoms with Gasteiger partial charge in [0.15, 0.2) is 11.6 Å². The standard InChI is InChI=1S/C18H23FN4O2.C2H6.C2H2/c1-12(2)25-17-8-13(16(20)10-15(17)19)7-14-9-18(22-11-21-14)23-3-5-24-6-4-23;2*1-2/h8-12H,3-7,20H2,1-2H3;1-2H3;1-2H. The minimum Gasteiger partial charge on any atom is -0.488 e. The van der Waals surface area contributed by atoms with Gasteiger partial charge in [0.25, 0.3) is 0 Å². The molecule has 0 unspecified atom stereocenters. The molecule has 1 aliphatic heterocycles. The summed E-state index contributed by atoms with van der Waals surface area (Å²) in [6, 6.07) is 4.90. The number of anilines is 2. The van der Waals surface area contributed by atoms with E-state index < -0.39 is 5.82 Å². The van der Waals surface area contributed by atoms with Crippen LogP contribution in [0.2, 0.25) is 0 Å². The Hall–Kier alpha value is -2.85. The van der Waals surface area contributed by atoms with Gasteiger partial charge < -0.3 is 20.1 Å². The smallest absolute Gasteiger partial charge is 0.167 e. The summed E-state index contributed by atoms with van der Waals surface area (Å²) in [4.78, 5) is 10.8. The SMILES string of the molecule is C#C.CC.CC(C)Oc1cc(Cc2cc(N3CCOCC3)ncn2)c(N)cc1F. The maximum atomic E-state index is 14.0. The summed E-state index contributed by atoms with van der Waals surface area (Å²) in [5.41, 5.74) is 7.98. The van der Waals surface area contributed by atoms with Gasteiger partial charge in [-0.15, -0.1) is 12.8 Å². The summed E-state index contributed by atoms with van der Waals surface area (Å²) in [5, 5.41) is 0. The topological polar surface area (TPSA) is 73.5 Å². The molecule has 0 saturated carbocycles. The van der Waals surface area contributed by atoms with E-state index in [0.29, 0.717) is 25.3 Å². The van der Waals surface area contributed by atoms with E-state index in [-0.39, 0.29) is 11.9 Å². The second kappa shape index (κ2) is 12.6. The highest BCUT2D eigenvalue weighted by Gasteiger charge is 2.15. The zero-order valence-corrected chi connectivity index (χ0v) is 17.7. The number of terminal acetylenes is 1. The number of hydrogen-bond donors (Lipinski definition) is 1. The van der Waals surface area contributed by atoms with Crippen LogP contribution in [-0.2, 0) is 11.2 Å². The van der Waals surface area contributed by atoms with E-state index >= 15 is 0 Å². The van der Waals surface area contributed by atoms with Crippen molar-refractivity contribution in [2.24, 2.45) is 0 Å². The van der Waals surface area contributed by atoms with E-state index in [1.165, 1.54) is 6.07 Å². The highest BCUT2D eigenvalue weighted by molar-refractivity contribution is 5.53. The molecule has 0 radical (unpaired) electrons. The quantitative estimate of drug-likeness (QED) is 0.607. The molecule has 1 fully saturated rings. The molecule has 0 spiro atoms. The Balaban J connectivity index is 0.000000989. The van der Waals surface area contributed by atoms with Crippen LogP contribution in [0, 0.1) is 18.7 Å². The summed E-state index contributed by atoms with van der Waals surface area (Å²) in [7, 11) is 0. The monoisotopic (exact) mass is 402 g/mol. The third kappa shape index (κ3) is 7.24. The lowest BCUT2D eigenvalue weighted by molar-refractivity contribution is 0.122. The van der Waals surface area contributed by atoms with Crippen LogP contribution in [0.3, 0.4) is 0 Å². The number of morpholine rings is 1. The number of hydrogen-bond acceptors (Lipinski definition) is 6. The minimum absolute atomic E-state index is 0.113. The molecule has 3 rings (SSSR count). The van der Waals surface area contributed by atoms with Gasteiger partial charge in [-0.05, 0) is 25.5 Å². The molecule has 7 heteroatoms. The summed E-state index contributed by atoms with van der Waals surface area (Å²) < 4.78 is 24.9. The molecular weight excluding hydrogens is 371 g/mol. The van der Waals surface area contributed by atoms with Gasteiger partial charge in [0.1, 0.15) is 12.1 Å². The highest BCUT2D eigenvalue weighted by Crippen LogP contribution is 2.27. The zero-order chi connectivity index (χ0) is 21.8. The number of nitrogens with two attached hydrogens (primary N) is 1.